The van der Waals surface area contributed by atoms with Gasteiger partial charge in [0, 0.05) is 12.8 Å². The maximum Gasteiger partial charge on any atom is 0.306 e. The summed E-state index contributed by atoms with van der Waals surface area (Å²) in [5.74, 6) is 1.02. The average Bonchev–Trinajstić information content (AvgIpc) is 2.85. The lowest BCUT2D eigenvalue weighted by Crippen LogP contribution is -2.07. The molecular formula is C29H40O5. The fraction of sp³-hybridized carbons (Fsp3) is 0.517. The largest absolute Gasteiger partial charge is 0.466 e. The minimum atomic E-state index is -0.262. The molecule has 2 rings (SSSR count). The van der Waals surface area contributed by atoms with E-state index in [4.69, 9.17) is 14.2 Å². The standard InChI is InChI=1S/C29H40O5/c1-2-3-4-5-6-7-8-14-22-32-28(30)20-12-13-21-29(31)33-24-25-16-15-19-27(23-25)34-26-17-10-9-11-18-26/h9-11,15-19,23H,2-8,12-14,20-22,24H2,1H3. The van der Waals surface area contributed by atoms with Gasteiger partial charge in [0.1, 0.15) is 18.1 Å². The van der Waals surface area contributed by atoms with Gasteiger partial charge >= 0.3 is 11.9 Å². The quantitative estimate of drug-likeness (QED) is 0.165. The highest BCUT2D eigenvalue weighted by Crippen LogP contribution is 2.22. The van der Waals surface area contributed by atoms with Gasteiger partial charge in [-0.05, 0) is 49.1 Å². The molecule has 0 heterocycles. The van der Waals surface area contributed by atoms with Gasteiger partial charge in [0.05, 0.1) is 6.61 Å². The molecule has 0 aromatic heterocycles. The molecule has 186 valence electrons. The Morgan fingerprint density at radius 1 is 0.647 bits per heavy atom. The summed E-state index contributed by atoms with van der Waals surface area (Å²) in [6.45, 7) is 2.93. The van der Waals surface area contributed by atoms with Gasteiger partial charge in [0.2, 0.25) is 0 Å². The molecule has 0 amide bonds. The van der Waals surface area contributed by atoms with E-state index in [0.29, 0.717) is 38.0 Å². The van der Waals surface area contributed by atoms with E-state index in [1.807, 2.05) is 54.6 Å². The van der Waals surface area contributed by atoms with Gasteiger partial charge in [-0.3, -0.25) is 9.59 Å². The lowest BCUT2D eigenvalue weighted by Gasteiger charge is -2.09. The molecule has 0 saturated heterocycles. The molecule has 0 unspecified atom stereocenters. The number of carbonyl (C=O) groups is 2. The molecule has 0 aliphatic heterocycles. The number of hydrogen-bond acceptors (Lipinski definition) is 5. The Balaban J connectivity index is 1.48. The highest BCUT2D eigenvalue weighted by Gasteiger charge is 2.07. The molecule has 0 atom stereocenters. The van der Waals surface area contributed by atoms with E-state index in [1.54, 1.807) is 0 Å². The second-order valence-corrected chi connectivity index (χ2v) is 8.63. The van der Waals surface area contributed by atoms with Crippen LogP contribution in [0.1, 0.15) is 89.5 Å². The van der Waals surface area contributed by atoms with E-state index in [-0.39, 0.29) is 18.5 Å². The molecule has 0 saturated carbocycles. The highest BCUT2D eigenvalue weighted by molar-refractivity contribution is 5.70. The number of rotatable bonds is 18. The van der Waals surface area contributed by atoms with Crippen LogP contribution in [0.5, 0.6) is 11.5 Å². The SMILES string of the molecule is CCCCCCCCCCOC(=O)CCCCC(=O)OCc1cccc(Oc2ccccc2)c1. The summed E-state index contributed by atoms with van der Waals surface area (Å²) >= 11 is 0. The number of para-hydroxylation sites is 1. The van der Waals surface area contributed by atoms with Crippen molar-refractivity contribution in [1.82, 2.24) is 0 Å². The van der Waals surface area contributed by atoms with Crippen LogP contribution in [0, 0.1) is 0 Å². The van der Waals surface area contributed by atoms with Crippen molar-refractivity contribution < 1.29 is 23.8 Å². The molecule has 0 N–H and O–H groups in total. The molecular weight excluding hydrogens is 428 g/mol. The van der Waals surface area contributed by atoms with E-state index >= 15 is 0 Å². The van der Waals surface area contributed by atoms with Gasteiger partial charge in [-0.2, -0.15) is 0 Å². The third-order valence-electron chi connectivity index (χ3n) is 5.55. The lowest BCUT2D eigenvalue weighted by molar-refractivity contribution is -0.146. The first-order valence-corrected chi connectivity index (χ1v) is 12.8. The molecule has 0 aliphatic carbocycles. The molecule has 2 aromatic rings. The van der Waals surface area contributed by atoms with Crippen LogP contribution in [0.3, 0.4) is 0 Å². The number of hydrogen-bond donors (Lipinski definition) is 0. The van der Waals surface area contributed by atoms with Crippen molar-refractivity contribution in [2.75, 3.05) is 6.61 Å². The van der Waals surface area contributed by atoms with Crippen LogP contribution in [-0.4, -0.2) is 18.5 Å². The van der Waals surface area contributed by atoms with E-state index in [2.05, 4.69) is 6.92 Å². The smallest absolute Gasteiger partial charge is 0.306 e. The van der Waals surface area contributed by atoms with Crippen molar-refractivity contribution in [3.8, 4) is 11.5 Å². The van der Waals surface area contributed by atoms with Gasteiger partial charge in [0.15, 0.2) is 0 Å². The van der Waals surface area contributed by atoms with Crippen molar-refractivity contribution in [3.05, 3.63) is 60.2 Å². The molecule has 34 heavy (non-hydrogen) atoms. The van der Waals surface area contributed by atoms with Crippen molar-refractivity contribution >= 4 is 11.9 Å². The molecule has 0 radical (unpaired) electrons. The van der Waals surface area contributed by atoms with Crippen LogP contribution in [-0.2, 0) is 25.7 Å². The molecule has 5 heteroatoms. The van der Waals surface area contributed by atoms with Crippen LogP contribution < -0.4 is 4.74 Å². The Morgan fingerprint density at radius 2 is 1.26 bits per heavy atom. The molecule has 0 aliphatic rings. The van der Waals surface area contributed by atoms with Crippen molar-refractivity contribution in [3.63, 3.8) is 0 Å². The summed E-state index contributed by atoms with van der Waals surface area (Å²) in [4.78, 5) is 23.8. The second kappa shape index (κ2) is 17.6. The topological polar surface area (TPSA) is 61.8 Å². The van der Waals surface area contributed by atoms with E-state index in [0.717, 1.165) is 24.2 Å². The first-order valence-electron chi connectivity index (χ1n) is 12.8. The second-order valence-electron chi connectivity index (χ2n) is 8.63. The predicted molar refractivity (Wildman–Crippen MR) is 135 cm³/mol. The molecule has 0 bridgehead atoms. The number of esters is 2. The zero-order valence-corrected chi connectivity index (χ0v) is 20.6. The number of carbonyl (C=O) groups excluding carboxylic acids is 2. The number of unbranched alkanes of at least 4 members (excludes halogenated alkanes) is 8. The van der Waals surface area contributed by atoms with Gasteiger partial charge < -0.3 is 14.2 Å². The highest BCUT2D eigenvalue weighted by atomic mass is 16.5. The summed E-state index contributed by atoms with van der Waals surface area (Å²) < 4.78 is 16.5. The van der Waals surface area contributed by atoms with Crippen molar-refractivity contribution in [2.24, 2.45) is 0 Å². The molecule has 5 nitrogen and oxygen atoms in total. The van der Waals surface area contributed by atoms with E-state index < -0.39 is 0 Å². The van der Waals surface area contributed by atoms with Crippen LogP contribution in [0.2, 0.25) is 0 Å². The van der Waals surface area contributed by atoms with Crippen LogP contribution in [0.15, 0.2) is 54.6 Å². The summed E-state index contributed by atoms with van der Waals surface area (Å²) in [6, 6.07) is 17.0. The first kappa shape index (κ1) is 27.4. The maximum atomic E-state index is 12.0. The maximum absolute atomic E-state index is 12.0. The Kier molecular flexibility index (Phi) is 14.2. The van der Waals surface area contributed by atoms with Gasteiger partial charge in [0.25, 0.3) is 0 Å². The summed E-state index contributed by atoms with van der Waals surface area (Å²) in [7, 11) is 0. The van der Waals surface area contributed by atoms with Crippen LogP contribution in [0.25, 0.3) is 0 Å². The van der Waals surface area contributed by atoms with Gasteiger partial charge in [-0.15, -0.1) is 0 Å². The summed E-state index contributed by atoms with van der Waals surface area (Å²) in [6.07, 6.45) is 11.7. The third kappa shape index (κ3) is 13.0. The van der Waals surface area contributed by atoms with E-state index in [9.17, 15) is 9.59 Å². The minimum Gasteiger partial charge on any atom is -0.466 e. The van der Waals surface area contributed by atoms with Crippen LogP contribution >= 0.6 is 0 Å². The monoisotopic (exact) mass is 468 g/mol. The number of ether oxygens (including phenoxy) is 3. The summed E-state index contributed by atoms with van der Waals surface area (Å²) in [5, 5.41) is 0. The van der Waals surface area contributed by atoms with Gasteiger partial charge in [-0.1, -0.05) is 82.2 Å². The van der Waals surface area contributed by atoms with Crippen LogP contribution in [0.4, 0.5) is 0 Å². The normalized spacial score (nSPS) is 10.6. The summed E-state index contributed by atoms with van der Waals surface area (Å²) in [5.41, 5.74) is 0.867. The Morgan fingerprint density at radius 3 is 1.97 bits per heavy atom. The fourth-order valence-corrected chi connectivity index (χ4v) is 3.59. The Hall–Kier alpha value is -2.82. The third-order valence-corrected chi connectivity index (χ3v) is 5.55. The van der Waals surface area contributed by atoms with Crippen molar-refractivity contribution in [2.45, 2.75) is 90.6 Å². The zero-order chi connectivity index (χ0) is 24.3. The minimum absolute atomic E-state index is 0.174. The molecule has 0 fully saturated rings. The average molecular weight is 469 g/mol. The predicted octanol–water partition coefficient (Wildman–Crippen LogP) is 7.77. The zero-order valence-electron chi connectivity index (χ0n) is 20.6. The Bertz CT molecular complexity index is 818. The van der Waals surface area contributed by atoms with Gasteiger partial charge in [-0.25, -0.2) is 0 Å². The first-order chi connectivity index (χ1) is 16.7. The lowest BCUT2D eigenvalue weighted by atomic mass is 10.1. The fourth-order valence-electron chi connectivity index (χ4n) is 3.59. The Labute approximate surface area is 204 Å². The van der Waals surface area contributed by atoms with E-state index in [1.165, 1.54) is 38.5 Å². The van der Waals surface area contributed by atoms with Crippen molar-refractivity contribution in [1.29, 1.82) is 0 Å². The molecule has 0 spiro atoms. The number of benzene rings is 2. The molecule has 2 aromatic carbocycles.